The van der Waals surface area contributed by atoms with Gasteiger partial charge in [-0.3, -0.25) is 4.79 Å². The number of aldehydes is 1. The van der Waals surface area contributed by atoms with Crippen LogP contribution in [0.3, 0.4) is 0 Å². The topological polar surface area (TPSA) is 42.9 Å². The summed E-state index contributed by atoms with van der Waals surface area (Å²) in [6.45, 7) is 0. The Bertz CT molecular complexity index is 420. The largest absolute Gasteiger partial charge is 0.296 e. The molecular formula is C9H5N2O. The molecule has 2 aromatic rings. The van der Waals surface area contributed by atoms with Crippen LogP contribution in [-0.2, 0) is 0 Å². The predicted molar refractivity (Wildman–Crippen MR) is 43.8 cm³/mol. The van der Waals surface area contributed by atoms with Gasteiger partial charge in [0, 0.05) is 10.8 Å². The SMILES string of the molecule is O=Cc1nncc2c[c]ccc12. The third-order valence-corrected chi connectivity index (χ3v) is 1.65. The van der Waals surface area contributed by atoms with Gasteiger partial charge in [0.25, 0.3) is 0 Å². The smallest absolute Gasteiger partial charge is 0.170 e. The number of hydrogen-bond acceptors (Lipinski definition) is 3. The monoisotopic (exact) mass is 157 g/mol. The molecule has 0 spiro atoms. The summed E-state index contributed by atoms with van der Waals surface area (Å²) < 4.78 is 0. The quantitative estimate of drug-likeness (QED) is 0.585. The standard InChI is InChI=1S/C9H5N2O/c12-6-9-8-4-2-1-3-7(8)5-10-11-9/h2-6H. The van der Waals surface area contributed by atoms with Crippen LogP contribution in [0, 0.1) is 6.07 Å². The zero-order chi connectivity index (χ0) is 8.39. The van der Waals surface area contributed by atoms with E-state index < -0.39 is 0 Å². The van der Waals surface area contributed by atoms with E-state index in [0.29, 0.717) is 12.0 Å². The fraction of sp³-hybridized carbons (Fsp3) is 0. The Morgan fingerprint density at radius 3 is 3.25 bits per heavy atom. The highest BCUT2D eigenvalue weighted by molar-refractivity contribution is 5.95. The van der Waals surface area contributed by atoms with Crippen LogP contribution in [0.1, 0.15) is 10.5 Å². The van der Waals surface area contributed by atoms with Crippen molar-refractivity contribution >= 4 is 17.1 Å². The molecule has 0 saturated heterocycles. The molecule has 1 radical (unpaired) electrons. The van der Waals surface area contributed by atoms with Crippen molar-refractivity contribution in [1.82, 2.24) is 10.2 Å². The van der Waals surface area contributed by atoms with Crippen LogP contribution in [-0.4, -0.2) is 16.5 Å². The summed E-state index contributed by atoms with van der Waals surface area (Å²) in [5.74, 6) is 0. The highest BCUT2D eigenvalue weighted by Crippen LogP contribution is 2.12. The zero-order valence-electron chi connectivity index (χ0n) is 6.19. The molecule has 1 aromatic heterocycles. The Labute approximate surface area is 69.0 Å². The van der Waals surface area contributed by atoms with Gasteiger partial charge in [0.1, 0.15) is 5.69 Å². The van der Waals surface area contributed by atoms with Crippen molar-refractivity contribution in [2.45, 2.75) is 0 Å². The van der Waals surface area contributed by atoms with Crippen LogP contribution in [0.4, 0.5) is 0 Å². The Morgan fingerprint density at radius 2 is 2.42 bits per heavy atom. The number of benzene rings is 1. The lowest BCUT2D eigenvalue weighted by Crippen LogP contribution is -1.91. The lowest BCUT2D eigenvalue weighted by Gasteiger charge is -1.95. The number of fused-ring (bicyclic) bond motifs is 1. The summed E-state index contributed by atoms with van der Waals surface area (Å²) in [6, 6.07) is 8.22. The summed E-state index contributed by atoms with van der Waals surface area (Å²) in [6.07, 6.45) is 2.31. The molecule has 0 aliphatic carbocycles. The molecule has 0 bridgehead atoms. The summed E-state index contributed by atoms with van der Waals surface area (Å²) in [5, 5.41) is 9.08. The Hall–Kier alpha value is -1.77. The number of rotatable bonds is 1. The van der Waals surface area contributed by atoms with Crippen LogP contribution < -0.4 is 0 Å². The maximum atomic E-state index is 10.5. The van der Waals surface area contributed by atoms with Gasteiger partial charge in [-0.25, -0.2) is 0 Å². The average Bonchev–Trinajstić information content (AvgIpc) is 2.17. The molecule has 0 atom stereocenters. The van der Waals surface area contributed by atoms with Crippen molar-refractivity contribution in [3.05, 3.63) is 36.2 Å². The van der Waals surface area contributed by atoms with E-state index in [1.54, 1.807) is 24.4 Å². The number of nitrogens with zero attached hydrogens (tertiary/aromatic N) is 2. The van der Waals surface area contributed by atoms with Crippen LogP contribution in [0.2, 0.25) is 0 Å². The fourth-order valence-electron chi connectivity index (χ4n) is 1.08. The summed E-state index contributed by atoms with van der Waals surface area (Å²) >= 11 is 0. The third-order valence-electron chi connectivity index (χ3n) is 1.65. The first kappa shape index (κ1) is 6.91. The second kappa shape index (κ2) is 2.70. The molecule has 0 fully saturated rings. The highest BCUT2D eigenvalue weighted by atomic mass is 16.1. The Balaban J connectivity index is 2.88. The maximum absolute atomic E-state index is 10.5. The van der Waals surface area contributed by atoms with E-state index in [9.17, 15) is 4.79 Å². The molecule has 0 N–H and O–H groups in total. The molecule has 1 aromatic carbocycles. The van der Waals surface area contributed by atoms with Crippen molar-refractivity contribution in [2.24, 2.45) is 0 Å². The van der Waals surface area contributed by atoms with Crippen molar-refractivity contribution in [3.8, 4) is 0 Å². The minimum atomic E-state index is 0.376. The lowest BCUT2D eigenvalue weighted by atomic mass is 10.1. The molecule has 0 aliphatic rings. The molecule has 12 heavy (non-hydrogen) atoms. The zero-order valence-corrected chi connectivity index (χ0v) is 6.19. The second-order valence-corrected chi connectivity index (χ2v) is 2.36. The second-order valence-electron chi connectivity index (χ2n) is 2.36. The van der Waals surface area contributed by atoms with Crippen molar-refractivity contribution in [1.29, 1.82) is 0 Å². The number of hydrogen-bond donors (Lipinski definition) is 0. The molecular weight excluding hydrogens is 152 g/mol. The van der Waals surface area contributed by atoms with Crippen LogP contribution in [0.5, 0.6) is 0 Å². The van der Waals surface area contributed by atoms with Crippen molar-refractivity contribution in [2.75, 3.05) is 0 Å². The highest BCUT2D eigenvalue weighted by Gasteiger charge is 1.99. The minimum absolute atomic E-state index is 0.376. The number of carbonyl (C=O) groups is 1. The Morgan fingerprint density at radius 1 is 1.50 bits per heavy atom. The predicted octanol–water partition coefficient (Wildman–Crippen LogP) is 1.24. The van der Waals surface area contributed by atoms with Crippen LogP contribution in [0.15, 0.2) is 24.4 Å². The molecule has 0 amide bonds. The van der Waals surface area contributed by atoms with E-state index in [-0.39, 0.29) is 0 Å². The van der Waals surface area contributed by atoms with Gasteiger partial charge in [0.05, 0.1) is 6.20 Å². The molecule has 3 heteroatoms. The van der Waals surface area contributed by atoms with E-state index >= 15 is 0 Å². The first-order valence-corrected chi connectivity index (χ1v) is 3.48. The lowest BCUT2D eigenvalue weighted by molar-refractivity contribution is 0.112. The van der Waals surface area contributed by atoms with E-state index in [0.717, 1.165) is 10.8 Å². The van der Waals surface area contributed by atoms with Gasteiger partial charge in [-0.1, -0.05) is 12.1 Å². The summed E-state index contributed by atoms with van der Waals surface area (Å²) in [5.41, 5.74) is 0.376. The van der Waals surface area contributed by atoms with Gasteiger partial charge in [-0.15, -0.1) is 5.10 Å². The average molecular weight is 157 g/mol. The van der Waals surface area contributed by atoms with Crippen molar-refractivity contribution < 1.29 is 4.79 Å². The van der Waals surface area contributed by atoms with Crippen molar-refractivity contribution in [3.63, 3.8) is 0 Å². The normalized spacial score (nSPS) is 10.0. The van der Waals surface area contributed by atoms with Gasteiger partial charge in [-0.2, -0.15) is 5.10 Å². The van der Waals surface area contributed by atoms with Gasteiger partial charge >= 0.3 is 0 Å². The summed E-state index contributed by atoms with van der Waals surface area (Å²) in [4.78, 5) is 10.5. The molecule has 57 valence electrons. The molecule has 1 heterocycles. The summed E-state index contributed by atoms with van der Waals surface area (Å²) in [7, 11) is 0. The van der Waals surface area contributed by atoms with Crippen LogP contribution in [0.25, 0.3) is 10.8 Å². The first-order valence-electron chi connectivity index (χ1n) is 3.48. The number of aromatic nitrogens is 2. The van der Waals surface area contributed by atoms with E-state index in [1.165, 1.54) is 0 Å². The van der Waals surface area contributed by atoms with E-state index in [4.69, 9.17) is 0 Å². The molecule has 0 unspecified atom stereocenters. The van der Waals surface area contributed by atoms with Gasteiger partial charge in [0.2, 0.25) is 0 Å². The maximum Gasteiger partial charge on any atom is 0.170 e. The molecule has 3 nitrogen and oxygen atoms in total. The fourth-order valence-corrected chi connectivity index (χ4v) is 1.08. The Kier molecular flexibility index (Phi) is 1.55. The van der Waals surface area contributed by atoms with E-state index in [2.05, 4.69) is 16.3 Å². The third kappa shape index (κ3) is 0.955. The first-order chi connectivity index (χ1) is 5.92. The number of carbonyl (C=O) groups excluding carboxylic acids is 1. The molecule has 0 saturated carbocycles. The molecule has 0 aliphatic heterocycles. The van der Waals surface area contributed by atoms with E-state index in [1.807, 2.05) is 0 Å². The molecule has 2 rings (SSSR count). The van der Waals surface area contributed by atoms with Crippen LogP contribution >= 0.6 is 0 Å². The van der Waals surface area contributed by atoms with Gasteiger partial charge in [0.15, 0.2) is 6.29 Å². The van der Waals surface area contributed by atoms with Gasteiger partial charge in [-0.05, 0) is 12.1 Å². The minimum Gasteiger partial charge on any atom is -0.296 e. The van der Waals surface area contributed by atoms with Gasteiger partial charge < -0.3 is 0 Å².